The van der Waals surface area contributed by atoms with E-state index in [2.05, 4.69) is 20.3 Å². The molecule has 1 aromatic carbocycles. The Balaban J connectivity index is 2.58. The molecule has 0 saturated heterocycles. The molecule has 1 aliphatic rings. The maximum Gasteiger partial charge on any atom is 0.399 e. The zero-order valence-corrected chi connectivity index (χ0v) is 13.2. The van der Waals surface area contributed by atoms with Crippen LogP contribution in [-0.2, 0) is 19.5 Å². The monoisotopic (exact) mass is 347 g/mol. The lowest BCUT2D eigenvalue weighted by Gasteiger charge is -2.36. The average molecular weight is 348 g/mol. The molecule has 7 heteroatoms. The zero-order valence-electron chi connectivity index (χ0n) is 10.8. The van der Waals surface area contributed by atoms with Crippen LogP contribution in [0.3, 0.4) is 0 Å². The van der Waals surface area contributed by atoms with Crippen LogP contribution in [0.15, 0.2) is 33.1 Å². The van der Waals surface area contributed by atoms with Gasteiger partial charge in [0.2, 0.25) is 0 Å². The van der Waals surface area contributed by atoms with Gasteiger partial charge < -0.3 is 9.47 Å². The molecular weight excluding hydrogens is 334 g/mol. The van der Waals surface area contributed by atoms with E-state index in [0.29, 0.717) is 5.56 Å². The van der Waals surface area contributed by atoms with Crippen LogP contribution in [-0.4, -0.2) is 27.2 Å². The fraction of sp³-hybridized carbons (Fsp3) is 0.417. The molecule has 0 N–H and O–H groups in total. The predicted octanol–water partition coefficient (Wildman–Crippen LogP) is 2.63. The maximum atomic E-state index is 12.3. The van der Waals surface area contributed by atoms with Crippen LogP contribution in [0.4, 0.5) is 0 Å². The summed E-state index contributed by atoms with van der Waals surface area (Å²) in [5.74, 6) is 0. The minimum Gasteiger partial charge on any atom is -0.453 e. The van der Waals surface area contributed by atoms with E-state index in [0.717, 1.165) is 4.47 Å². The lowest BCUT2D eigenvalue weighted by Crippen LogP contribution is -2.43. The van der Waals surface area contributed by atoms with E-state index in [1.165, 1.54) is 7.11 Å². The molecule has 104 valence electrons. The first kappa shape index (κ1) is 14.3. The van der Waals surface area contributed by atoms with Crippen LogP contribution in [0.5, 0.6) is 0 Å². The summed E-state index contributed by atoms with van der Waals surface area (Å²) in [5.41, 5.74) is -0.342. The predicted molar refractivity (Wildman–Crippen MR) is 75.4 cm³/mol. The topological polar surface area (TPSA) is 65.0 Å². The maximum absolute atomic E-state index is 12.3. The third-order valence-corrected chi connectivity index (χ3v) is 5.14. The lowest BCUT2D eigenvalue weighted by atomic mass is 9.97. The van der Waals surface area contributed by atoms with Crippen molar-refractivity contribution in [1.82, 2.24) is 0 Å². The van der Waals surface area contributed by atoms with Crippen molar-refractivity contribution in [2.24, 2.45) is 4.40 Å². The van der Waals surface area contributed by atoms with Crippen molar-refractivity contribution in [3.05, 3.63) is 34.3 Å². The molecule has 0 saturated carbocycles. The smallest absolute Gasteiger partial charge is 0.399 e. The fourth-order valence-electron chi connectivity index (χ4n) is 2.13. The standard InChI is InChI=1S/C12H14BrNO4S/c1-12(2)10(8-5-4-6-9(13)7-8)19(15,16)14-11(17-3)18-12/h4-7,10H,1-3H3. The Hall–Kier alpha value is -1.08. The highest BCUT2D eigenvalue weighted by Crippen LogP contribution is 2.40. The Bertz CT molecular complexity index is 624. The van der Waals surface area contributed by atoms with Gasteiger partial charge in [-0.25, -0.2) is 8.42 Å². The molecule has 19 heavy (non-hydrogen) atoms. The molecule has 1 heterocycles. The number of hydrogen-bond acceptors (Lipinski definition) is 4. The minimum absolute atomic E-state index is 0.226. The number of halogens is 1. The summed E-state index contributed by atoms with van der Waals surface area (Å²) in [5, 5.41) is -0.878. The lowest BCUT2D eigenvalue weighted by molar-refractivity contribution is 0.0442. The summed E-state index contributed by atoms with van der Waals surface area (Å²) < 4.78 is 39.3. The van der Waals surface area contributed by atoms with Gasteiger partial charge in [-0.3, -0.25) is 0 Å². The van der Waals surface area contributed by atoms with Crippen LogP contribution in [0, 0.1) is 0 Å². The fourth-order valence-corrected chi connectivity index (χ4v) is 4.23. The highest BCUT2D eigenvalue weighted by atomic mass is 79.9. The van der Waals surface area contributed by atoms with E-state index < -0.39 is 20.9 Å². The number of ether oxygens (including phenoxy) is 2. The molecule has 5 nitrogen and oxygen atoms in total. The Kier molecular flexibility index (Phi) is 3.61. The Morgan fingerprint density at radius 2 is 2.11 bits per heavy atom. The molecule has 0 radical (unpaired) electrons. The van der Waals surface area contributed by atoms with Crippen molar-refractivity contribution in [2.45, 2.75) is 24.7 Å². The van der Waals surface area contributed by atoms with Crippen molar-refractivity contribution >= 4 is 32.0 Å². The van der Waals surface area contributed by atoms with Gasteiger partial charge in [0.15, 0.2) is 0 Å². The normalized spacial score (nSPS) is 24.2. The molecule has 2 rings (SSSR count). The van der Waals surface area contributed by atoms with Gasteiger partial charge in [0.05, 0.1) is 7.11 Å². The van der Waals surface area contributed by atoms with Crippen molar-refractivity contribution in [3.8, 4) is 0 Å². The van der Waals surface area contributed by atoms with E-state index in [-0.39, 0.29) is 6.08 Å². The number of benzene rings is 1. The minimum atomic E-state index is -3.75. The van der Waals surface area contributed by atoms with Crippen LogP contribution in [0.2, 0.25) is 0 Å². The number of nitrogens with zero attached hydrogens (tertiary/aromatic N) is 1. The van der Waals surface area contributed by atoms with Crippen molar-refractivity contribution in [1.29, 1.82) is 0 Å². The molecule has 1 unspecified atom stereocenters. The highest BCUT2D eigenvalue weighted by molar-refractivity contribution is 9.10. The molecule has 0 aliphatic carbocycles. The third-order valence-electron chi connectivity index (χ3n) is 2.81. The second-order valence-electron chi connectivity index (χ2n) is 4.72. The molecule has 0 bridgehead atoms. The Morgan fingerprint density at radius 1 is 1.42 bits per heavy atom. The summed E-state index contributed by atoms with van der Waals surface area (Å²) in [4.78, 5) is 0. The quantitative estimate of drug-likeness (QED) is 0.783. The molecule has 0 aromatic heterocycles. The number of hydrogen-bond donors (Lipinski definition) is 0. The van der Waals surface area contributed by atoms with E-state index >= 15 is 0 Å². The number of rotatable bonds is 1. The van der Waals surface area contributed by atoms with Gasteiger partial charge >= 0.3 is 6.08 Å². The Labute approximate surface area is 120 Å². The molecule has 0 fully saturated rings. The summed E-state index contributed by atoms with van der Waals surface area (Å²) in [6.45, 7) is 3.40. The van der Waals surface area contributed by atoms with Gasteiger partial charge in [-0.2, -0.15) is 0 Å². The van der Waals surface area contributed by atoms with Gasteiger partial charge in [0.25, 0.3) is 10.0 Å². The largest absolute Gasteiger partial charge is 0.453 e. The van der Waals surface area contributed by atoms with Crippen LogP contribution < -0.4 is 0 Å². The summed E-state index contributed by atoms with van der Waals surface area (Å²) in [7, 11) is -2.42. The first-order chi connectivity index (χ1) is 8.76. The summed E-state index contributed by atoms with van der Waals surface area (Å²) in [6, 6.07) is 7.10. The van der Waals surface area contributed by atoms with Gasteiger partial charge in [0, 0.05) is 4.47 Å². The molecule has 0 spiro atoms. The molecule has 1 atom stereocenters. The van der Waals surface area contributed by atoms with E-state index in [4.69, 9.17) is 9.47 Å². The van der Waals surface area contributed by atoms with Gasteiger partial charge in [-0.1, -0.05) is 32.5 Å². The second kappa shape index (κ2) is 4.79. The summed E-state index contributed by atoms with van der Waals surface area (Å²) in [6.07, 6.45) is -0.226. The van der Waals surface area contributed by atoms with Crippen LogP contribution >= 0.6 is 15.9 Å². The molecule has 0 amide bonds. The first-order valence-electron chi connectivity index (χ1n) is 5.58. The SMILES string of the molecule is COC1=NS(=O)(=O)C(c2cccc(Br)c2)C(C)(C)O1. The van der Waals surface area contributed by atoms with Crippen LogP contribution in [0.1, 0.15) is 24.7 Å². The first-order valence-corrected chi connectivity index (χ1v) is 7.88. The van der Waals surface area contributed by atoms with Crippen molar-refractivity contribution < 1.29 is 17.9 Å². The zero-order chi connectivity index (χ0) is 14.3. The number of sulfonamides is 1. The van der Waals surface area contributed by atoms with E-state index in [1.807, 2.05) is 6.07 Å². The van der Waals surface area contributed by atoms with Crippen molar-refractivity contribution in [3.63, 3.8) is 0 Å². The third kappa shape index (κ3) is 2.76. The molecule has 1 aromatic rings. The van der Waals surface area contributed by atoms with E-state index in [9.17, 15) is 8.42 Å². The second-order valence-corrected chi connectivity index (χ2v) is 7.32. The van der Waals surface area contributed by atoms with Crippen LogP contribution in [0.25, 0.3) is 0 Å². The average Bonchev–Trinajstić information content (AvgIpc) is 2.25. The van der Waals surface area contributed by atoms with Gasteiger partial charge in [-0.15, -0.1) is 0 Å². The molecule has 1 aliphatic heterocycles. The Morgan fingerprint density at radius 3 is 2.63 bits per heavy atom. The highest BCUT2D eigenvalue weighted by Gasteiger charge is 2.47. The summed E-state index contributed by atoms with van der Waals surface area (Å²) >= 11 is 3.33. The number of methoxy groups -OCH3 is 1. The molecular formula is C12H14BrNO4S. The van der Waals surface area contributed by atoms with Gasteiger partial charge in [0.1, 0.15) is 10.9 Å². The van der Waals surface area contributed by atoms with Gasteiger partial charge in [-0.05, 0) is 31.5 Å². The van der Waals surface area contributed by atoms with Crippen molar-refractivity contribution in [2.75, 3.05) is 7.11 Å². The van der Waals surface area contributed by atoms with E-state index in [1.54, 1.807) is 32.0 Å².